The van der Waals surface area contributed by atoms with Crippen molar-refractivity contribution in [1.29, 1.82) is 0 Å². The number of nitrogens with one attached hydrogen (secondary N) is 1. The first kappa shape index (κ1) is 31.5. The van der Waals surface area contributed by atoms with Gasteiger partial charge in [-0.3, -0.25) is 0 Å². The van der Waals surface area contributed by atoms with Crippen LogP contribution >= 0.6 is 0 Å². The number of benzene rings is 4. The first-order chi connectivity index (χ1) is 28.2. The Morgan fingerprint density at radius 2 is 1.39 bits per heavy atom. The molecule has 18 rings (SSSR count). The molecule has 12 saturated carbocycles. The largest absolute Gasteiger partial charge is 0.356 e. The standard InChI is InChI=1S/C54H57BN2/c1-2-3-9-38-37(51-40-19-30-17-31(40)20-41(30)51)11-13-45-53(38)56-46-21-33(50-42-25-34-24-35-26-43(50)54(34,35)42)23-48-52(46)55(45)44-12-10-28(22-47(44)57(48)36-7-5-4-6-8-36)49-32-15-27-14-29(18-32)39(49)16-27/h4-8,10-13,21-23,27,29-32,34-35,39-43,49-51,56H,2-3,9,14-20,24-26H2,1H3. The van der Waals surface area contributed by atoms with E-state index in [9.17, 15) is 0 Å². The van der Waals surface area contributed by atoms with E-state index in [1.165, 1.54) is 111 Å². The molecule has 0 aromatic heterocycles. The van der Waals surface area contributed by atoms with Gasteiger partial charge in [0.15, 0.2) is 0 Å². The number of para-hydroxylation sites is 1. The van der Waals surface area contributed by atoms with E-state index in [1.807, 2.05) is 0 Å². The van der Waals surface area contributed by atoms with Crippen molar-refractivity contribution in [3.63, 3.8) is 0 Å². The van der Waals surface area contributed by atoms with E-state index in [0.717, 1.165) is 94.2 Å². The molecule has 2 heterocycles. The highest BCUT2D eigenvalue weighted by Crippen LogP contribution is 2.91. The lowest BCUT2D eigenvalue weighted by molar-refractivity contribution is -0.390. The third-order valence-electron chi connectivity index (χ3n) is 21.4. The third-order valence-corrected chi connectivity index (χ3v) is 21.4. The third kappa shape index (κ3) is 3.55. The van der Waals surface area contributed by atoms with Crippen LogP contribution in [0.25, 0.3) is 0 Å². The van der Waals surface area contributed by atoms with E-state index in [1.54, 1.807) is 39.6 Å². The van der Waals surface area contributed by atoms with Crippen molar-refractivity contribution in [2.24, 2.45) is 76.4 Å². The fourth-order valence-corrected chi connectivity index (χ4v) is 19.8. The van der Waals surface area contributed by atoms with Gasteiger partial charge in [-0.15, -0.1) is 0 Å². The van der Waals surface area contributed by atoms with Crippen molar-refractivity contribution >= 4 is 51.5 Å². The molecule has 57 heavy (non-hydrogen) atoms. The van der Waals surface area contributed by atoms with Gasteiger partial charge in [-0.05, 0) is 240 Å². The van der Waals surface area contributed by atoms with Gasteiger partial charge in [-0.25, -0.2) is 0 Å². The van der Waals surface area contributed by atoms with E-state index >= 15 is 0 Å². The Balaban J connectivity index is 0.917. The topological polar surface area (TPSA) is 15.3 Å². The number of fused-ring (bicyclic) bond motifs is 4. The highest BCUT2D eigenvalue weighted by molar-refractivity contribution is 7.00. The normalized spacial score (nSPS) is 43.7. The first-order valence-corrected chi connectivity index (χ1v) is 24.2. The molecule has 4 aromatic carbocycles. The molecule has 8 bridgehead atoms. The van der Waals surface area contributed by atoms with Crippen LogP contribution in [0.4, 0.5) is 28.4 Å². The molecule has 12 aliphatic carbocycles. The Bertz CT molecular complexity index is 2410. The summed E-state index contributed by atoms with van der Waals surface area (Å²) >= 11 is 0. The van der Waals surface area contributed by atoms with Crippen LogP contribution in [0.2, 0.25) is 0 Å². The maximum absolute atomic E-state index is 4.41. The average Bonchev–Trinajstić information content (AvgIpc) is 4.04. The number of rotatable bonds is 7. The van der Waals surface area contributed by atoms with Crippen molar-refractivity contribution in [2.45, 2.75) is 108 Å². The molecule has 14 aliphatic rings. The van der Waals surface area contributed by atoms with Crippen molar-refractivity contribution in [3.8, 4) is 0 Å². The summed E-state index contributed by atoms with van der Waals surface area (Å²) in [6, 6.07) is 30.4. The number of hydrogen-bond acceptors (Lipinski definition) is 2. The molecule has 286 valence electrons. The molecule has 0 saturated heterocycles. The number of hydrogen-bond donors (Lipinski definition) is 1. The molecule has 1 N–H and O–H groups in total. The second-order valence-electron chi connectivity index (χ2n) is 22.7. The minimum Gasteiger partial charge on any atom is -0.356 e. The highest BCUT2D eigenvalue weighted by atomic mass is 15.2. The predicted octanol–water partition coefficient (Wildman–Crippen LogP) is 11.1. The molecule has 13 unspecified atom stereocenters. The summed E-state index contributed by atoms with van der Waals surface area (Å²) in [5, 5.41) is 4.41. The summed E-state index contributed by atoms with van der Waals surface area (Å²) in [5.41, 5.74) is 19.4. The van der Waals surface area contributed by atoms with Gasteiger partial charge >= 0.3 is 0 Å². The summed E-state index contributed by atoms with van der Waals surface area (Å²) in [4.78, 5) is 2.76. The minimum absolute atomic E-state index is 0.267. The second-order valence-corrected chi connectivity index (χ2v) is 22.7. The Hall–Kier alpha value is -3.46. The Morgan fingerprint density at radius 3 is 2.16 bits per heavy atom. The summed E-state index contributed by atoms with van der Waals surface area (Å²) in [6.45, 7) is 2.67. The van der Waals surface area contributed by atoms with Gasteiger partial charge in [0, 0.05) is 28.4 Å². The van der Waals surface area contributed by atoms with Gasteiger partial charge in [0.2, 0.25) is 0 Å². The Kier molecular flexibility index (Phi) is 5.77. The number of unbranched alkanes of at least 4 members (excludes halogenated alkanes) is 1. The van der Waals surface area contributed by atoms with E-state index in [4.69, 9.17) is 0 Å². The van der Waals surface area contributed by atoms with Crippen molar-refractivity contribution in [1.82, 2.24) is 0 Å². The zero-order chi connectivity index (χ0) is 36.6. The lowest BCUT2D eigenvalue weighted by Gasteiger charge is -2.89. The summed E-state index contributed by atoms with van der Waals surface area (Å²) < 4.78 is 0. The molecule has 2 nitrogen and oxygen atoms in total. The van der Waals surface area contributed by atoms with Crippen molar-refractivity contribution in [2.75, 3.05) is 10.2 Å². The van der Waals surface area contributed by atoms with Crippen LogP contribution in [0.3, 0.4) is 0 Å². The van der Waals surface area contributed by atoms with E-state index in [-0.39, 0.29) is 6.71 Å². The molecule has 4 aromatic rings. The van der Waals surface area contributed by atoms with Crippen molar-refractivity contribution < 1.29 is 0 Å². The van der Waals surface area contributed by atoms with Crippen LogP contribution in [0.15, 0.2) is 72.8 Å². The average molecular weight is 745 g/mol. The predicted molar refractivity (Wildman–Crippen MR) is 233 cm³/mol. The molecule has 12 fully saturated rings. The molecular formula is C54H57BN2. The van der Waals surface area contributed by atoms with Crippen LogP contribution in [-0.2, 0) is 6.42 Å². The number of anilines is 5. The van der Waals surface area contributed by atoms with Crippen LogP contribution in [0, 0.1) is 76.4 Å². The van der Waals surface area contributed by atoms with Crippen LogP contribution in [0.1, 0.15) is 124 Å². The Labute approximate surface area is 340 Å². The Morgan fingerprint density at radius 1 is 0.649 bits per heavy atom. The second kappa shape index (κ2) is 10.5. The molecular weight excluding hydrogens is 687 g/mol. The molecule has 2 aliphatic heterocycles. The van der Waals surface area contributed by atoms with E-state index in [0.29, 0.717) is 0 Å². The maximum atomic E-state index is 4.41. The van der Waals surface area contributed by atoms with Gasteiger partial charge in [0.05, 0.1) is 0 Å². The molecule has 3 heteroatoms. The van der Waals surface area contributed by atoms with Gasteiger partial charge in [-0.2, -0.15) is 0 Å². The summed E-state index contributed by atoms with van der Waals surface area (Å²) in [5.74, 6) is 14.0. The zero-order valence-corrected chi connectivity index (χ0v) is 33.8. The molecule has 0 amide bonds. The SMILES string of the molecule is CCCCc1c(C2C3CC4CC3CC42)ccc2c1Nc1cc(C3C4CC5CC6CC3C564)cc3c1B2c1ccc(C2C4CC5CC(C4)C2C5)cc1N3c1ccccc1. The molecule has 0 radical (unpaired) electrons. The fourth-order valence-electron chi connectivity index (χ4n) is 19.8. The van der Waals surface area contributed by atoms with Gasteiger partial charge in [0.1, 0.15) is 0 Å². The fraction of sp³-hybridized carbons (Fsp3) is 0.556. The van der Waals surface area contributed by atoms with Crippen LogP contribution in [-0.4, -0.2) is 6.71 Å². The quantitative estimate of drug-likeness (QED) is 0.164. The smallest absolute Gasteiger partial charge is 0.252 e. The maximum Gasteiger partial charge on any atom is 0.252 e. The molecule has 13 atom stereocenters. The lowest BCUT2D eigenvalue weighted by atomic mass is 9.15. The summed E-state index contributed by atoms with van der Waals surface area (Å²) in [7, 11) is 0. The van der Waals surface area contributed by atoms with Crippen LogP contribution < -0.4 is 26.6 Å². The van der Waals surface area contributed by atoms with Gasteiger partial charge < -0.3 is 10.2 Å². The number of nitrogens with zero attached hydrogens (tertiary/aromatic N) is 1. The molecule has 1 spiro atoms. The summed E-state index contributed by atoms with van der Waals surface area (Å²) in [6.07, 6.45) is 18.8. The zero-order valence-electron chi connectivity index (χ0n) is 33.8. The highest BCUT2D eigenvalue weighted by Gasteiger charge is 2.84. The first-order valence-electron chi connectivity index (χ1n) is 24.2. The lowest BCUT2D eigenvalue weighted by Crippen LogP contribution is -2.82. The monoisotopic (exact) mass is 744 g/mol. The van der Waals surface area contributed by atoms with Gasteiger partial charge in [0.25, 0.3) is 6.71 Å². The van der Waals surface area contributed by atoms with Crippen LogP contribution in [0.5, 0.6) is 0 Å². The minimum atomic E-state index is 0.267. The van der Waals surface area contributed by atoms with Gasteiger partial charge in [-0.1, -0.05) is 55.8 Å². The van der Waals surface area contributed by atoms with E-state index in [2.05, 4.69) is 89.9 Å². The van der Waals surface area contributed by atoms with Crippen molar-refractivity contribution in [3.05, 3.63) is 95.1 Å². The van der Waals surface area contributed by atoms with E-state index < -0.39 is 0 Å².